The van der Waals surface area contributed by atoms with Gasteiger partial charge in [-0.3, -0.25) is 37.3 Å². The van der Waals surface area contributed by atoms with Crippen LogP contribution in [0.5, 0.6) is 0 Å². The third-order valence-electron chi connectivity index (χ3n) is 19.4. The number of allylic oxidation sites excluding steroid dienone is 4. The van der Waals surface area contributed by atoms with Crippen molar-refractivity contribution in [1.29, 1.82) is 0 Å². The quantitative estimate of drug-likeness (QED) is 0.0169. The number of hydrogen-bond donors (Lipinski definition) is 3. The van der Waals surface area contributed by atoms with Crippen molar-refractivity contribution in [2.45, 2.75) is 439 Å². The second-order valence-corrected chi connectivity index (χ2v) is 33.2. The van der Waals surface area contributed by atoms with Crippen LogP contribution in [0.15, 0.2) is 24.3 Å². The zero-order chi connectivity index (χ0) is 75.6. The maximum absolute atomic E-state index is 13.1. The molecule has 0 fully saturated rings. The van der Waals surface area contributed by atoms with Gasteiger partial charge in [0.1, 0.15) is 19.3 Å². The van der Waals surface area contributed by atoms with Gasteiger partial charge in [0.05, 0.1) is 26.4 Å². The molecule has 17 nitrogen and oxygen atoms in total. The maximum atomic E-state index is 13.1. The molecule has 0 radical (unpaired) electrons. The fourth-order valence-electron chi connectivity index (χ4n) is 12.5. The van der Waals surface area contributed by atoms with E-state index >= 15 is 0 Å². The van der Waals surface area contributed by atoms with Crippen LogP contribution in [-0.2, 0) is 65.4 Å². The predicted octanol–water partition coefficient (Wildman–Crippen LogP) is 25.0. The van der Waals surface area contributed by atoms with Gasteiger partial charge in [-0.25, -0.2) is 9.13 Å². The Labute approximate surface area is 631 Å². The summed E-state index contributed by atoms with van der Waals surface area (Å²) in [5.41, 5.74) is 0. The lowest BCUT2D eigenvalue weighted by Crippen LogP contribution is -2.30. The second-order valence-electron chi connectivity index (χ2n) is 30.3. The summed E-state index contributed by atoms with van der Waals surface area (Å²) in [7, 11) is -9.94. The highest BCUT2D eigenvalue weighted by molar-refractivity contribution is 7.47. The highest BCUT2D eigenvalue weighted by atomic mass is 31.2. The van der Waals surface area contributed by atoms with Crippen LogP contribution in [0, 0.1) is 11.8 Å². The highest BCUT2D eigenvalue weighted by Gasteiger charge is 2.30. The number of hydrogen-bond acceptors (Lipinski definition) is 15. The van der Waals surface area contributed by atoms with Gasteiger partial charge in [-0.05, 0) is 63.2 Å². The fourth-order valence-corrected chi connectivity index (χ4v) is 14.1. The van der Waals surface area contributed by atoms with Gasteiger partial charge in [-0.2, -0.15) is 0 Å². The molecule has 0 aromatic rings. The average Bonchev–Trinajstić information content (AvgIpc) is 0.923. The summed E-state index contributed by atoms with van der Waals surface area (Å²) in [6.45, 7) is 9.60. The lowest BCUT2D eigenvalue weighted by molar-refractivity contribution is -0.161. The molecule has 0 saturated heterocycles. The Morgan fingerprint density at radius 1 is 0.320 bits per heavy atom. The Hall–Kier alpha value is -2.46. The van der Waals surface area contributed by atoms with Gasteiger partial charge in [-0.15, -0.1) is 0 Å². The smallest absolute Gasteiger partial charge is 0.462 e. The topological polar surface area (TPSA) is 237 Å². The van der Waals surface area contributed by atoms with E-state index in [4.69, 9.17) is 37.0 Å². The lowest BCUT2D eigenvalue weighted by Gasteiger charge is -2.21. The molecule has 0 bridgehead atoms. The molecule has 19 heteroatoms. The number of carbonyl (C=O) groups excluding carboxylic acids is 4. The van der Waals surface area contributed by atoms with E-state index < -0.39 is 97.5 Å². The zero-order valence-electron chi connectivity index (χ0n) is 67.1. The minimum absolute atomic E-state index is 0.102. The Morgan fingerprint density at radius 3 is 0.874 bits per heavy atom. The van der Waals surface area contributed by atoms with E-state index in [2.05, 4.69) is 65.8 Å². The summed E-state index contributed by atoms with van der Waals surface area (Å²) in [6.07, 6.45) is 68.8. The molecular weight excluding hydrogens is 1340 g/mol. The van der Waals surface area contributed by atoms with E-state index in [1.807, 2.05) is 0 Å². The van der Waals surface area contributed by atoms with Crippen LogP contribution in [0.3, 0.4) is 0 Å². The van der Waals surface area contributed by atoms with E-state index in [0.29, 0.717) is 25.7 Å². The van der Waals surface area contributed by atoms with E-state index in [1.165, 1.54) is 218 Å². The van der Waals surface area contributed by atoms with Crippen molar-refractivity contribution in [1.82, 2.24) is 0 Å². The number of esters is 4. The largest absolute Gasteiger partial charge is 0.472 e. The molecule has 0 aliphatic rings. The Bertz CT molecular complexity index is 2070. The van der Waals surface area contributed by atoms with Gasteiger partial charge in [0, 0.05) is 25.7 Å². The Balaban J connectivity index is 5.28. The first kappa shape index (κ1) is 101. The molecule has 0 aliphatic carbocycles. The fraction of sp³-hybridized carbons (Fsp3) is 0.905. The van der Waals surface area contributed by atoms with Crippen molar-refractivity contribution >= 4 is 39.5 Å². The van der Waals surface area contributed by atoms with E-state index in [-0.39, 0.29) is 25.7 Å². The second kappa shape index (κ2) is 75.0. The van der Waals surface area contributed by atoms with Crippen LogP contribution in [-0.4, -0.2) is 96.7 Å². The van der Waals surface area contributed by atoms with Gasteiger partial charge in [-0.1, -0.05) is 368 Å². The van der Waals surface area contributed by atoms with Gasteiger partial charge in [0.25, 0.3) is 0 Å². The Morgan fingerprint density at radius 2 is 0.573 bits per heavy atom. The molecule has 0 aromatic carbocycles. The number of aliphatic hydroxyl groups excluding tert-OH is 1. The van der Waals surface area contributed by atoms with Crippen LogP contribution in [0.4, 0.5) is 0 Å². The number of unbranched alkanes of at least 4 members (excludes halogenated alkanes) is 47. The lowest BCUT2D eigenvalue weighted by atomic mass is 9.99. The number of aliphatic hydroxyl groups is 1. The van der Waals surface area contributed by atoms with Crippen molar-refractivity contribution in [2.75, 3.05) is 39.6 Å². The normalized spacial score (nSPS) is 14.3. The summed E-state index contributed by atoms with van der Waals surface area (Å²) in [6, 6.07) is 0. The molecule has 0 amide bonds. The van der Waals surface area contributed by atoms with Crippen LogP contribution >= 0.6 is 15.6 Å². The summed E-state index contributed by atoms with van der Waals surface area (Å²) in [4.78, 5) is 73.1. The van der Waals surface area contributed by atoms with Gasteiger partial charge in [0.2, 0.25) is 0 Å². The van der Waals surface area contributed by atoms with E-state index in [1.54, 1.807) is 0 Å². The molecule has 103 heavy (non-hydrogen) atoms. The van der Waals surface area contributed by atoms with Crippen molar-refractivity contribution < 1.29 is 80.2 Å². The van der Waals surface area contributed by atoms with E-state index in [0.717, 1.165) is 121 Å². The molecule has 0 aromatic heterocycles. The molecule has 0 heterocycles. The molecular formula is C84H160O17P2. The third kappa shape index (κ3) is 76.1. The highest BCUT2D eigenvalue weighted by Crippen LogP contribution is 2.45. The van der Waals surface area contributed by atoms with Crippen LogP contribution in [0.1, 0.15) is 420 Å². The summed E-state index contributed by atoms with van der Waals surface area (Å²) in [5.74, 6) is -0.578. The van der Waals surface area contributed by atoms with Crippen molar-refractivity contribution in [3.63, 3.8) is 0 Å². The van der Waals surface area contributed by atoms with Gasteiger partial charge < -0.3 is 33.8 Å². The monoisotopic (exact) mass is 1500 g/mol. The van der Waals surface area contributed by atoms with Gasteiger partial charge >= 0.3 is 39.5 Å². The molecule has 0 aliphatic heterocycles. The number of phosphoric acid groups is 2. The zero-order valence-corrected chi connectivity index (χ0v) is 68.9. The SMILES string of the molecule is CCCCCC/C=C\C=C/CCCCCCCC(=O)OC[C@H](COP(=O)(O)OC[C@@H](O)COP(=O)(O)OC[C@@H](COC(=O)CCCCCCCCCCCCC(C)C)OC(=O)CCCCCCCCCCCCC(C)CC)OC(=O)CCCCCCCCCCCCCCCCCCCCCCC. The van der Waals surface area contributed by atoms with Gasteiger partial charge in [0.15, 0.2) is 12.2 Å². The summed E-state index contributed by atoms with van der Waals surface area (Å²) in [5, 5.41) is 10.7. The molecule has 3 N–H and O–H groups in total. The summed E-state index contributed by atoms with van der Waals surface area (Å²) < 4.78 is 68.8. The molecule has 0 saturated carbocycles. The molecule has 0 rings (SSSR count). The average molecular weight is 1500 g/mol. The first-order chi connectivity index (χ1) is 49.9. The molecule has 608 valence electrons. The number of rotatable bonds is 81. The molecule has 3 unspecified atom stereocenters. The van der Waals surface area contributed by atoms with Crippen molar-refractivity contribution in [3.05, 3.63) is 24.3 Å². The molecule has 0 spiro atoms. The minimum Gasteiger partial charge on any atom is -0.462 e. The van der Waals surface area contributed by atoms with Crippen molar-refractivity contribution in [2.24, 2.45) is 11.8 Å². The number of phosphoric ester groups is 2. The summed E-state index contributed by atoms with van der Waals surface area (Å²) >= 11 is 0. The van der Waals surface area contributed by atoms with Crippen molar-refractivity contribution in [3.8, 4) is 0 Å². The number of ether oxygens (including phenoxy) is 4. The standard InChI is InChI=1S/C84H160O17P2/c1-7-10-12-14-16-18-20-22-24-25-26-27-28-29-31-33-35-44-50-56-62-68-83(88)100-79(72-94-81(86)66-60-54-48-42-34-32-30-23-21-19-17-15-13-11-8-2)74-98-102(90,91)96-70-78(85)71-97-103(92,93)99-75-80(73-95-82(87)67-61-55-49-43-38-36-40-46-52-58-64-76(4)5)101-84(89)69-63-57-51-45-39-37-41-47-53-59-65-77(6)9-3/h19,21,23,30,76-80,85H,7-18,20,22,24-29,31-75H2,1-6H3,(H,90,91)(H,92,93)/b21-19-,30-23-/t77?,78-,79-,80-/m1/s1. The van der Waals surface area contributed by atoms with Crippen LogP contribution < -0.4 is 0 Å². The first-order valence-electron chi connectivity index (χ1n) is 42.8. The van der Waals surface area contributed by atoms with Crippen LogP contribution in [0.2, 0.25) is 0 Å². The van der Waals surface area contributed by atoms with E-state index in [9.17, 15) is 43.2 Å². The number of carbonyl (C=O) groups is 4. The maximum Gasteiger partial charge on any atom is 0.472 e. The molecule has 6 atom stereocenters. The Kier molecular flexibility index (Phi) is 73.2. The first-order valence-corrected chi connectivity index (χ1v) is 45.8. The predicted molar refractivity (Wildman–Crippen MR) is 423 cm³/mol. The van der Waals surface area contributed by atoms with Crippen LogP contribution in [0.25, 0.3) is 0 Å². The third-order valence-corrected chi connectivity index (χ3v) is 21.3. The minimum atomic E-state index is -4.97.